The summed E-state index contributed by atoms with van der Waals surface area (Å²) in [5.41, 5.74) is 1.45. The normalized spacial score (nSPS) is 20.9. The first-order valence-corrected chi connectivity index (χ1v) is 7.75. The molecule has 2 aliphatic rings. The minimum absolute atomic E-state index is 0.708. The van der Waals surface area contributed by atoms with Gasteiger partial charge in [-0.1, -0.05) is 6.07 Å². The molecule has 2 fully saturated rings. The zero-order chi connectivity index (χ0) is 12.4. The molecule has 0 bridgehead atoms. The summed E-state index contributed by atoms with van der Waals surface area (Å²) in [6, 6.07) is 6.62. The monoisotopic (exact) mass is 309 g/mol. The summed E-state index contributed by atoms with van der Waals surface area (Å²) in [6.45, 7) is 3.16. The van der Waals surface area contributed by atoms with Crippen molar-refractivity contribution in [2.24, 2.45) is 5.92 Å². The molecule has 98 valence electrons. The lowest BCUT2D eigenvalue weighted by Crippen LogP contribution is -2.26. The summed E-state index contributed by atoms with van der Waals surface area (Å²) in [6.07, 6.45) is 5.17. The first-order valence-electron chi connectivity index (χ1n) is 6.96. The molecule has 0 radical (unpaired) electrons. The summed E-state index contributed by atoms with van der Waals surface area (Å²) in [5.74, 6) is 2.51. The molecule has 1 aliphatic heterocycles. The van der Waals surface area contributed by atoms with Crippen LogP contribution in [0.3, 0.4) is 0 Å². The van der Waals surface area contributed by atoms with Crippen LogP contribution in [0.1, 0.15) is 37.2 Å². The smallest absolute Gasteiger partial charge is 0.133 e. The Kier molecular flexibility index (Phi) is 3.90. The average molecular weight is 310 g/mol. The van der Waals surface area contributed by atoms with E-state index >= 15 is 0 Å². The molecule has 1 heterocycles. The molecular formula is C15H20BrNO. The van der Waals surface area contributed by atoms with Crippen LogP contribution in [0.2, 0.25) is 0 Å². The quantitative estimate of drug-likeness (QED) is 0.915. The zero-order valence-corrected chi connectivity index (χ0v) is 12.2. The van der Waals surface area contributed by atoms with Crippen molar-refractivity contribution in [3.05, 3.63) is 28.2 Å². The molecule has 1 aliphatic carbocycles. The van der Waals surface area contributed by atoms with E-state index in [1.807, 2.05) is 0 Å². The van der Waals surface area contributed by atoms with Crippen LogP contribution in [-0.2, 0) is 0 Å². The SMILES string of the molecule is Brc1cc(C2CCNCC2)ccc1OCC1CC1. The van der Waals surface area contributed by atoms with Gasteiger partial charge in [0.15, 0.2) is 0 Å². The number of ether oxygens (including phenoxy) is 1. The van der Waals surface area contributed by atoms with E-state index in [-0.39, 0.29) is 0 Å². The second-order valence-corrected chi connectivity index (χ2v) is 6.32. The van der Waals surface area contributed by atoms with Gasteiger partial charge in [-0.15, -0.1) is 0 Å². The Morgan fingerprint density at radius 3 is 2.61 bits per heavy atom. The predicted molar refractivity (Wildman–Crippen MR) is 77.2 cm³/mol. The maximum absolute atomic E-state index is 5.84. The van der Waals surface area contributed by atoms with E-state index in [1.54, 1.807) is 0 Å². The number of nitrogens with one attached hydrogen (secondary N) is 1. The van der Waals surface area contributed by atoms with Gasteiger partial charge in [0.1, 0.15) is 5.75 Å². The van der Waals surface area contributed by atoms with Crippen molar-refractivity contribution in [3.8, 4) is 5.75 Å². The Hall–Kier alpha value is -0.540. The van der Waals surface area contributed by atoms with Gasteiger partial charge in [0.05, 0.1) is 11.1 Å². The highest BCUT2D eigenvalue weighted by Crippen LogP contribution is 2.34. The number of hydrogen-bond donors (Lipinski definition) is 1. The number of piperidine rings is 1. The second-order valence-electron chi connectivity index (χ2n) is 5.47. The van der Waals surface area contributed by atoms with Crippen LogP contribution in [0.4, 0.5) is 0 Å². The maximum Gasteiger partial charge on any atom is 0.133 e. The van der Waals surface area contributed by atoms with Crippen molar-refractivity contribution in [2.75, 3.05) is 19.7 Å². The number of benzene rings is 1. The number of rotatable bonds is 4. The summed E-state index contributed by atoms with van der Waals surface area (Å²) >= 11 is 3.64. The standard InChI is InChI=1S/C15H20BrNO/c16-14-9-13(12-5-7-17-8-6-12)3-4-15(14)18-10-11-1-2-11/h3-4,9,11-12,17H,1-2,5-8,10H2. The van der Waals surface area contributed by atoms with Crippen LogP contribution in [0, 0.1) is 5.92 Å². The molecule has 1 aromatic rings. The number of halogens is 1. The third-order valence-electron chi connectivity index (χ3n) is 3.94. The van der Waals surface area contributed by atoms with Gasteiger partial charge in [0, 0.05) is 0 Å². The van der Waals surface area contributed by atoms with Gasteiger partial charge < -0.3 is 10.1 Å². The Morgan fingerprint density at radius 2 is 1.94 bits per heavy atom. The fourth-order valence-electron chi connectivity index (χ4n) is 2.54. The van der Waals surface area contributed by atoms with Crippen LogP contribution < -0.4 is 10.1 Å². The van der Waals surface area contributed by atoms with Crippen LogP contribution in [0.15, 0.2) is 22.7 Å². The lowest BCUT2D eigenvalue weighted by atomic mass is 9.90. The van der Waals surface area contributed by atoms with Crippen molar-refractivity contribution in [3.63, 3.8) is 0 Å². The molecule has 0 unspecified atom stereocenters. The molecule has 1 aromatic carbocycles. The van der Waals surface area contributed by atoms with E-state index in [9.17, 15) is 0 Å². The van der Waals surface area contributed by atoms with Gasteiger partial charge in [-0.3, -0.25) is 0 Å². The van der Waals surface area contributed by atoms with E-state index in [2.05, 4.69) is 39.4 Å². The minimum atomic E-state index is 0.708. The molecule has 0 spiro atoms. The molecule has 1 saturated carbocycles. The first kappa shape index (κ1) is 12.5. The first-order chi connectivity index (χ1) is 8.83. The molecule has 18 heavy (non-hydrogen) atoms. The number of hydrogen-bond acceptors (Lipinski definition) is 2. The Balaban J connectivity index is 1.66. The predicted octanol–water partition coefficient (Wildman–Crippen LogP) is 3.70. The highest BCUT2D eigenvalue weighted by atomic mass is 79.9. The van der Waals surface area contributed by atoms with Crippen molar-refractivity contribution < 1.29 is 4.74 Å². The van der Waals surface area contributed by atoms with Crippen molar-refractivity contribution in [1.82, 2.24) is 5.32 Å². The van der Waals surface area contributed by atoms with Gasteiger partial charge in [0.2, 0.25) is 0 Å². The Bertz CT molecular complexity index is 411. The Morgan fingerprint density at radius 1 is 1.17 bits per heavy atom. The fourth-order valence-corrected chi connectivity index (χ4v) is 3.05. The topological polar surface area (TPSA) is 21.3 Å². The molecule has 1 saturated heterocycles. The van der Waals surface area contributed by atoms with Gasteiger partial charge in [-0.05, 0) is 84.2 Å². The molecule has 0 amide bonds. The van der Waals surface area contributed by atoms with Crippen molar-refractivity contribution in [2.45, 2.75) is 31.6 Å². The molecule has 2 nitrogen and oxygen atoms in total. The maximum atomic E-state index is 5.84. The van der Waals surface area contributed by atoms with Crippen molar-refractivity contribution in [1.29, 1.82) is 0 Å². The minimum Gasteiger partial charge on any atom is -0.492 e. The lowest BCUT2D eigenvalue weighted by Gasteiger charge is -2.23. The molecule has 3 heteroatoms. The molecule has 0 aromatic heterocycles. The summed E-state index contributed by atoms with van der Waals surface area (Å²) in [5, 5.41) is 3.41. The largest absolute Gasteiger partial charge is 0.492 e. The molecule has 1 N–H and O–H groups in total. The lowest BCUT2D eigenvalue weighted by molar-refractivity contribution is 0.298. The van der Waals surface area contributed by atoms with Crippen LogP contribution >= 0.6 is 15.9 Å². The molecule has 3 rings (SSSR count). The van der Waals surface area contributed by atoms with E-state index in [1.165, 1.54) is 31.2 Å². The third-order valence-corrected chi connectivity index (χ3v) is 4.56. The van der Waals surface area contributed by atoms with Gasteiger partial charge >= 0.3 is 0 Å². The van der Waals surface area contributed by atoms with Gasteiger partial charge in [0.25, 0.3) is 0 Å². The fraction of sp³-hybridized carbons (Fsp3) is 0.600. The second kappa shape index (κ2) is 5.62. The molecule has 0 atom stereocenters. The highest BCUT2D eigenvalue weighted by Gasteiger charge is 2.22. The summed E-state index contributed by atoms with van der Waals surface area (Å²) < 4.78 is 6.95. The van der Waals surface area contributed by atoms with Crippen LogP contribution in [0.25, 0.3) is 0 Å². The van der Waals surface area contributed by atoms with E-state index < -0.39 is 0 Å². The van der Waals surface area contributed by atoms with E-state index in [0.717, 1.165) is 35.8 Å². The molecular weight excluding hydrogens is 290 g/mol. The van der Waals surface area contributed by atoms with Crippen LogP contribution in [-0.4, -0.2) is 19.7 Å². The summed E-state index contributed by atoms with van der Waals surface area (Å²) in [4.78, 5) is 0. The van der Waals surface area contributed by atoms with E-state index in [0.29, 0.717) is 5.92 Å². The van der Waals surface area contributed by atoms with Gasteiger partial charge in [-0.25, -0.2) is 0 Å². The summed E-state index contributed by atoms with van der Waals surface area (Å²) in [7, 11) is 0. The Labute approximate surface area is 117 Å². The van der Waals surface area contributed by atoms with Crippen molar-refractivity contribution >= 4 is 15.9 Å². The highest BCUT2D eigenvalue weighted by molar-refractivity contribution is 9.10. The van der Waals surface area contributed by atoms with E-state index in [4.69, 9.17) is 4.74 Å². The third kappa shape index (κ3) is 3.07. The zero-order valence-electron chi connectivity index (χ0n) is 10.6. The van der Waals surface area contributed by atoms with Crippen LogP contribution in [0.5, 0.6) is 5.75 Å². The average Bonchev–Trinajstić information content (AvgIpc) is 3.22. The van der Waals surface area contributed by atoms with Gasteiger partial charge in [-0.2, -0.15) is 0 Å².